The van der Waals surface area contributed by atoms with E-state index in [9.17, 15) is 15.3 Å². The van der Waals surface area contributed by atoms with Crippen molar-refractivity contribution in [1.29, 1.82) is 0 Å². The van der Waals surface area contributed by atoms with Gasteiger partial charge in [-0.15, -0.1) is 0 Å². The quantitative estimate of drug-likeness (QED) is 0.360. The van der Waals surface area contributed by atoms with Crippen LogP contribution >= 0.6 is 0 Å². The third kappa shape index (κ3) is 4.52. The van der Waals surface area contributed by atoms with Gasteiger partial charge in [-0.1, -0.05) is 34.1 Å². The van der Waals surface area contributed by atoms with E-state index in [1.165, 1.54) is 32.1 Å². The molecule has 2 aliphatic heterocycles. The highest BCUT2D eigenvalue weighted by atomic mass is 16.7. The summed E-state index contributed by atoms with van der Waals surface area (Å²) in [5.41, 5.74) is 0.0720. The molecule has 3 N–H and O–H groups in total. The van der Waals surface area contributed by atoms with E-state index in [2.05, 4.69) is 32.6 Å². The summed E-state index contributed by atoms with van der Waals surface area (Å²) in [5.74, 6) is 3.04. The predicted octanol–water partition coefficient (Wildman–Crippen LogP) is 5.00. The Bertz CT molecular complexity index is 1040. The summed E-state index contributed by atoms with van der Waals surface area (Å²) in [5, 5.41) is 32.1. The molecule has 2 heterocycles. The second-order valence-corrected chi connectivity index (χ2v) is 17.6. The fourth-order valence-corrected chi connectivity index (χ4v) is 13.0. The van der Waals surface area contributed by atoms with Gasteiger partial charge < -0.3 is 29.5 Å². The first-order chi connectivity index (χ1) is 20.3. The first-order valence-electron chi connectivity index (χ1n) is 17.9. The molecule has 2 saturated heterocycles. The Morgan fingerprint density at radius 3 is 2.49 bits per heavy atom. The van der Waals surface area contributed by atoms with E-state index in [4.69, 9.17) is 14.2 Å². The lowest BCUT2D eigenvalue weighted by atomic mass is 9.46. The number of fused-ring (bicyclic) bond motifs is 2. The van der Waals surface area contributed by atoms with Crippen molar-refractivity contribution in [3.8, 4) is 0 Å². The topological polar surface area (TPSA) is 91.6 Å². The molecule has 0 bridgehead atoms. The van der Waals surface area contributed by atoms with Gasteiger partial charge in [-0.25, -0.2) is 0 Å². The summed E-state index contributed by atoms with van der Waals surface area (Å²) in [6.07, 6.45) is 10.0. The zero-order valence-electron chi connectivity index (χ0n) is 27.9. The van der Waals surface area contributed by atoms with Crippen LogP contribution in [0.1, 0.15) is 106 Å². The molecule has 10 unspecified atom stereocenters. The van der Waals surface area contributed by atoms with Gasteiger partial charge in [0.2, 0.25) is 0 Å². The highest BCUT2D eigenvalue weighted by molar-refractivity contribution is 5.32. The van der Waals surface area contributed by atoms with E-state index in [1.54, 1.807) is 13.8 Å². The summed E-state index contributed by atoms with van der Waals surface area (Å²) in [6.45, 7) is 17.8. The Balaban J connectivity index is 1.04. The van der Waals surface area contributed by atoms with Crippen LogP contribution in [0.25, 0.3) is 0 Å². The van der Waals surface area contributed by atoms with Gasteiger partial charge in [0.1, 0.15) is 0 Å². The van der Waals surface area contributed by atoms with Crippen LogP contribution in [0.4, 0.5) is 0 Å². The molecule has 2 spiro atoms. The fraction of sp³-hybridized carbons (Fsp3) is 1.00. The highest BCUT2D eigenvalue weighted by Gasteiger charge is 2.84. The minimum atomic E-state index is -1.07. The molecular weight excluding hydrogens is 542 g/mol. The van der Waals surface area contributed by atoms with Crippen molar-refractivity contribution in [2.45, 2.75) is 142 Å². The Labute approximate surface area is 260 Å². The van der Waals surface area contributed by atoms with Gasteiger partial charge in [0.15, 0.2) is 6.29 Å². The van der Waals surface area contributed by atoms with Gasteiger partial charge in [-0.05, 0) is 123 Å². The van der Waals surface area contributed by atoms with Gasteiger partial charge in [0.05, 0.1) is 56.3 Å². The number of morpholine rings is 1. The number of rotatable bonds is 8. The maximum Gasteiger partial charge on any atom is 0.170 e. The average Bonchev–Trinajstić information content (AvgIpc) is 3.33. The van der Waals surface area contributed by atoms with Gasteiger partial charge in [-0.2, -0.15) is 0 Å². The third-order valence-corrected chi connectivity index (χ3v) is 15.5. The van der Waals surface area contributed by atoms with Gasteiger partial charge >= 0.3 is 0 Å². The normalized spacial score (nSPS) is 50.2. The predicted molar refractivity (Wildman–Crippen MR) is 165 cm³/mol. The van der Waals surface area contributed by atoms with Crippen LogP contribution in [0.15, 0.2) is 0 Å². The van der Waals surface area contributed by atoms with Crippen LogP contribution in [-0.2, 0) is 14.2 Å². The van der Waals surface area contributed by atoms with Crippen LogP contribution in [0, 0.1) is 51.2 Å². The molecule has 0 aromatic rings. The Morgan fingerprint density at radius 1 is 1.02 bits per heavy atom. The molecule has 7 aliphatic rings. The van der Waals surface area contributed by atoms with Crippen molar-refractivity contribution in [3.05, 3.63) is 0 Å². The molecule has 0 amide bonds. The molecule has 5 saturated carbocycles. The monoisotopic (exact) mass is 603 g/mol. The molecule has 5 aliphatic carbocycles. The minimum Gasteiger partial charge on any atom is -0.393 e. The Morgan fingerprint density at radius 2 is 1.79 bits per heavy atom. The van der Waals surface area contributed by atoms with E-state index in [1.807, 2.05) is 0 Å². The molecule has 0 radical (unpaired) electrons. The highest BCUT2D eigenvalue weighted by Crippen LogP contribution is 2.89. The van der Waals surface area contributed by atoms with Gasteiger partial charge in [0, 0.05) is 6.54 Å². The molecule has 0 aromatic heterocycles. The average molecular weight is 604 g/mol. The van der Waals surface area contributed by atoms with Crippen LogP contribution in [0.5, 0.6) is 0 Å². The zero-order valence-corrected chi connectivity index (χ0v) is 27.9. The summed E-state index contributed by atoms with van der Waals surface area (Å²) in [7, 11) is 0. The van der Waals surface area contributed by atoms with Crippen LogP contribution in [0.2, 0.25) is 0 Å². The number of hydrogen-bond acceptors (Lipinski definition) is 7. The van der Waals surface area contributed by atoms with Crippen molar-refractivity contribution in [2.24, 2.45) is 51.2 Å². The lowest BCUT2D eigenvalue weighted by Gasteiger charge is -2.59. The number of ether oxygens (including phenoxy) is 3. The summed E-state index contributed by atoms with van der Waals surface area (Å²) in [4.78, 5) is 2.51. The second-order valence-electron chi connectivity index (χ2n) is 17.6. The SMILES string of the molecule is CC1C23CCC4(C)C(CC(O)[C@@H]4CCC[C@H](O)C(C)(C)O)C2CCC2C(C)(C)C(OC4CN(C5COC5)CCO4)CCC213. The van der Waals surface area contributed by atoms with Crippen molar-refractivity contribution in [3.63, 3.8) is 0 Å². The molecule has 7 heteroatoms. The van der Waals surface area contributed by atoms with E-state index in [0.717, 1.165) is 64.5 Å². The smallest absolute Gasteiger partial charge is 0.170 e. The second kappa shape index (κ2) is 10.6. The minimum absolute atomic E-state index is 0.117. The number of aliphatic hydroxyl groups is 3. The van der Waals surface area contributed by atoms with Crippen LogP contribution < -0.4 is 0 Å². The molecule has 12 atom stereocenters. The molecule has 7 nitrogen and oxygen atoms in total. The number of aliphatic hydroxyl groups excluding tert-OH is 2. The van der Waals surface area contributed by atoms with Gasteiger partial charge in [0.25, 0.3) is 0 Å². The Kier molecular flexibility index (Phi) is 7.73. The zero-order chi connectivity index (χ0) is 30.6. The summed E-state index contributed by atoms with van der Waals surface area (Å²) >= 11 is 0. The van der Waals surface area contributed by atoms with Crippen molar-refractivity contribution >= 4 is 0 Å². The van der Waals surface area contributed by atoms with E-state index in [-0.39, 0.29) is 29.3 Å². The van der Waals surface area contributed by atoms with Gasteiger partial charge in [-0.3, -0.25) is 4.90 Å². The Hall–Kier alpha value is -0.280. The largest absolute Gasteiger partial charge is 0.393 e. The summed E-state index contributed by atoms with van der Waals surface area (Å²) in [6, 6.07) is 0.532. The third-order valence-electron chi connectivity index (χ3n) is 15.5. The fourth-order valence-electron chi connectivity index (χ4n) is 13.0. The van der Waals surface area contributed by atoms with E-state index in [0.29, 0.717) is 47.0 Å². The lowest BCUT2D eigenvalue weighted by molar-refractivity contribution is -0.253. The molecule has 0 aromatic carbocycles. The maximum atomic E-state index is 11.5. The lowest BCUT2D eigenvalue weighted by Crippen LogP contribution is -2.58. The summed E-state index contributed by atoms with van der Waals surface area (Å²) < 4.78 is 18.5. The van der Waals surface area contributed by atoms with Crippen LogP contribution in [-0.4, -0.2) is 89.4 Å². The van der Waals surface area contributed by atoms with Crippen molar-refractivity contribution in [1.82, 2.24) is 4.90 Å². The maximum absolute atomic E-state index is 11.5. The first-order valence-corrected chi connectivity index (χ1v) is 17.9. The van der Waals surface area contributed by atoms with E-state index >= 15 is 0 Å². The molecule has 7 fully saturated rings. The standard InChI is InChI=1S/C36H61NO6/c1-22-35-15-14-34(6)25(8-7-9-29(39)33(4,5)40)27(38)18-26(34)24(35)10-11-28-32(2,3)30(12-13-36(22,28)35)43-31-19-37(16-17-42-31)23-20-41-21-23/h22-31,38-40H,7-21H2,1-6H3/t22?,24?,25-,26?,27?,28?,29-,30?,31?,34?,35?,36?/m0/s1. The number of nitrogens with zero attached hydrogens (tertiary/aromatic N) is 1. The van der Waals surface area contributed by atoms with Crippen molar-refractivity contribution in [2.75, 3.05) is 32.9 Å². The first kappa shape index (κ1) is 31.3. The number of hydrogen-bond donors (Lipinski definition) is 3. The molecule has 246 valence electrons. The molecular formula is C36H61NO6. The van der Waals surface area contributed by atoms with Crippen LogP contribution in [0.3, 0.4) is 0 Å². The molecule has 43 heavy (non-hydrogen) atoms. The molecule has 7 rings (SSSR count). The van der Waals surface area contributed by atoms with E-state index < -0.39 is 11.7 Å². The van der Waals surface area contributed by atoms with Crippen molar-refractivity contribution < 1.29 is 29.5 Å².